The summed E-state index contributed by atoms with van der Waals surface area (Å²) in [6, 6.07) is 4.35. The summed E-state index contributed by atoms with van der Waals surface area (Å²) in [5.41, 5.74) is 7.29. The van der Waals surface area contributed by atoms with Crippen molar-refractivity contribution >= 4 is 37.5 Å². The fourth-order valence-electron chi connectivity index (χ4n) is 2.96. The molecule has 0 bridgehead atoms. The molecule has 3 aromatic rings. The van der Waals surface area contributed by atoms with Crippen LogP contribution < -0.4 is 0 Å². The van der Waals surface area contributed by atoms with Crippen molar-refractivity contribution in [3.63, 3.8) is 0 Å². The third kappa shape index (κ3) is 2.40. The highest BCUT2D eigenvalue weighted by molar-refractivity contribution is 9.10. The molecule has 21 heavy (non-hydrogen) atoms. The van der Waals surface area contributed by atoms with Crippen molar-refractivity contribution in [2.24, 2.45) is 0 Å². The number of aromatic nitrogens is 2. The predicted octanol–water partition coefficient (Wildman–Crippen LogP) is 5.66. The molecule has 0 unspecified atom stereocenters. The monoisotopic (exact) mass is 360 g/mol. The Hall–Kier alpha value is -1.26. The van der Waals surface area contributed by atoms with E-state index in [0.717, 1.165) is 21.5 Å². The van der Waals surface area contributed by atoms with E-state index in [-0.39, 0.29) is 0 Å². The molecule has 3 rings (SSSR count). The zero-order valence-corrected chi connectivity index (χ0v) is 15.2. The Bertz CT molecular complexity index is 842. The second-order valence-electron chi connectivity index (χ2n) is 5.48. The lowest BCUT2D eigenvalue weighted by Crippen LogP contribution is -1.94. The number of rotatable bonds is 1. The Labute approximate surface area is 137 Å². The number of hydrogen-bond donors (Lipinski definition) is 0. The van der Waals surface area contributed by atoms with Gasteiger partial charge in [-0.2, -0.15) is 0 Å². The lowest BCUT2D eigenvalue weighted by atomic mass is 9.95. The Morgan fingerprint density at radius 2 is 1.52 bits per heavy atom. The molecule has 0 amide bonds. The van der Waals surface area contributed by atoms with Gasteiger partial charge in [0.25, 0.3) is 0 Å². The molecular formula is C17H17BrN2S. The number of nitrogens with zero attached hydrogens (tertiary/aromatic N) is 2. The molecule has 0 aliphatic rings. The molecular weight excluding hydrogens is 344 g/mol. The molecule has 1 aromatic carbocycles. The van der Waals surface area contributed by atoms with Gasteiger partial charge >= 0.3 is 0 Å². The third-order valence-electron chi connectivity index (χ3n) is 3.74. The maximum absolute atomic E-state index is 4.73. The fourth-order valence-corrected chi connectivity index (χ4v) is 4.70. The first-order valence-corrected chi connectivity index (χ1v) is 8.51. The van der Waals surface area contributed by atoms with E-state index in [9.17, 15) is 0 Å². The van der Waals surface area contributed by atoms with Crippen molar-refractivity contribution in [1.29, 1.82) is 0 Å². The first-order valence-electron chi connectivity index (χ1n) is 6.90. The van der Waals surface area contributed by atoms with Crippen LogP contribution in [0, 0.1) is 34.6 Å². The quantitative estimate of drug-likeness (QED) is 0.559. The van der Waals surface area contributed by atoms with Crippen LogP contribution in [0.2, 0.25) is 0 Å². The minimum atomic E-state index is 0.839. The van der Waals surface area contributed by atoms with Gasteiger partial charge in [-0.25, -0.2) is 9.97 Å². The molecule has 0 aliphatic carbocycles. The van der Waals surface area contributed by atoms with Crippen LogP contribution in [0.25, 0.3) is 21.3 Å². The Balaban J connectivity index is 2.44. The van der Waals surface area contributed by atoms with Crippen LogP contribution in [0.15, 0.2) is 16.6 Å². The summed E-state index contributed by atoms with van der Waals surface area (Å²) in [6.45, 7) is 10.5. The van der Waals surface area contributed by atoms with Gasteiger partial charge in [0.05, 0.1) is 15.9 Å². The van der Waals surface area contributed by atoms with Crippen LogP contribution in [0.1, 0.15) is 27.5 Å². The van der Waals surface area contributed by atoms with Crippen molar-refractivity contribution in [1.82, 2.24) is 9.97 Å². The molecule has 2 heterocycles. The van der Waals surface area contributed by atoms with Crippen molar-refractivity contribution in [2.75, 3.05) is 0 Å². The molecule has 0 saturated heterocycles. The molecule has 0 spiro atoms. The van der Waals surface area contributed by atoms with Gasteiger partial charge in [-0.3, -0.25) is 0 Å². The molecule has 4 heteroatoms. The van der Waals surface area contributed by atoms with Crippen LogP contribution in [-0.4, -0.2) is 9.97 Å². The average molecular weight is 361 g/mol. The van der Waals surface area contributed by atoms with Gasteiger partial charge in [-0.05, 0) is 63.4 Å². The smallest absolute Gasteiger partial charge is 0.126 e. The molecule has 0 aliphatic heterocycles. The van der Waals surface area contributed by atoms with Crippen LogP contribution in [0.4, 0.5) is 0 Å². The number of fused-ring (bicyclic) bond motifs is 1. The SMILES string of the molecule is Cc1nc(C)c2sc(C)c(-c3c(C)cc(Br)cc3C)c2n1. The first-order chi connectivity index (χ1) is 9.88. The summed E-state index contributed by atoms with van der Waals surface area (Å²) in [4.78, 5) is 10.5. The van der Waals surface area contributed by atoms with E-state index in [1.807, 2.05) is 6.92 Å². The summed E-state index contributed by atoms with van der Waals surface area (Å²) < 4.78 is 2.33. The molecule has 108 valence electrons. The Morgan fingerprint density at radius 3 is 2.14 bits per heavy atom. The summed E-state index contributed by atoms with van der Waals surface area (Å²) in [5, 5.41) is 0. The molecule has 0 fully saturated rings. The zero-order chi connectivity index (χ0) is 15.3. The highest BCUT2D eigenvalue weighted by atomic mass is 79.9. The summed E-state index contributed by atoms with van der Waals surface area (Å²) in [7, 11) is 0. The van der Waals surface area contributed by atoms with Crippen molar-refractivity contribution in [3.8, 4) is 11.1 Å². The van der Waals surface area contributed by atoms with Crippen LogP contribution >= 0.6 is 27.3 Å². The fraction of sp³-hybridized carbons (Fsp3) is 0.294. The summed E-state index contributed by atoms with van der Waals surface area (Å²) >= 11 is 5.37. The van der Waals surface area contributed by atoms with Gasteiger partial charge in [0.15, 0.2) is 0 Å². The second kappa shape index (κ2) is 5.18. The van der Waals surface area contributed by atoms with Crippen molar-refractivity contribution < 1.29 is 0 Å². The largest absolute Gasteiger partial charge is 0.237 e. The molecule has 0 radical (unpaired) electrons. The number of benzene rings is 1. The normalized spacial score (nSPS) is 11.3. The maximum Gasteiger partial charge on any atom is 0.126 e. The minimum Gasteiger partial charge on any atom is -0.237 e. The Morgan fingerprint density at radius 1 is 0.905 bits per heavy atom. The molecule has 2 aromatic heterocycles. The highest BCUT2D eigenvalue weighted by Crippen LogP contribution is 2.41. The van der Waals surface area contributed by atoms with Gasteiger partial charge in [0.1, 0.15) is 5.82 Å². The van der Waals surface area contributed by atoms with Crippen LogP contribution in [-0.2, 0) is 0 Å². The minimum absolute atomic E-state index is 0.839. The lowest BCUT2D eigenvalue weighted by molar-refractivity contribution is 1.05. The Kier molecular flexibility index (Phi) is 3.62. The van der Waals surface area contributed by atoms with E-state index in [0.29, 0.717) is 0 Å². The van der Waals surface area contributed by atoms with Crippen LogP contribution in [0.3, 0.4) is 0 Å². The van der Waals surface area contributed by atoms with Crippen molar-refractivity contribution in [3.05, 3.63) is 44.1 Å². The van der Waals surface area contributed by atoms with Gasteiger partial charge in [-0.1, -0.05) is 15.9 Å². The van der Waals surface area contributed by atoms with Gasteiger partial charge in [-0.15, -0.1) is 11.3 Å². The highest BCUT2D eigenvalue weighted by Gasteiger charge is 2.18. The van der Waals surface area contributed by atoms with E-state index in [1.165, 1.54) is 31.8 Å². The molecule has 2 nitrogen and oxygen atoms in total. The third-order valence-corrected chi connectivity index (χ3v) is 5.40. The van der Waals surface area contributed by atoms with E-state index in [1.54, 1.807) is 11.3 Å². The van der Waals surface area contributed by atoms with E-state index < -0.39 is 0 Å². The van der Waals surface area contributed by atoms with Gasteiger partial charge in [0.2, 0.25) is 0 Å². The number of halogens is 1. The summed E-state index contributed by atoms with van der Waals surface area (Å²) in [6.07, 6.45) is 0. The van der Waals surface area contributed by atoms with Crippen LogP contribution in [0.5, 0.6) is 0 Å². The molecule has 0 N–H and O–H groups in total. The van der Waals surface area contributed by atoms with Gasteiger partial charge < -0.3 is 0 Å². The zero-order valence-electron chi connectivity index (χ0n) is 12.8. The van der Waals surface area contributed by atoms with Crippen molar-refractivity contribution in [2.45, 2.75) is 34.6 Å². The lowest BCUT2D eigenvalue weighted by Gasteiger charge is -2.11. The molecule has 0 saturated carbocycles. The summed E-state index contributed by atoms with van der Waals surface area (Å²) in [5.74, 6) is 0.839. The topological polar surface area (TPSA) is 25.8 Å². The predicted molar refractivity (Wildman–Crippen MR) is 94.2 cm³/mol. The van der Waals surface area contributed by atoms with Gasteiger partial charge in [0, 0.05) is 14.9 Å². The number of aryl methyl sites for hydroxylation is 5. The number of hydrogen-bond acceptors (Lipinski definition) is 3. The average Bonchev–Trinajstić information content (AvgIpc) is 2.66. The maximum atomic E-state index is 4.73. The molecule has 0 atom stereocenters. The first kappa shape index (κ1) is 14.7. The second-order valence-corrected chi connectivity index (χ2v) is 7.62. The standard InChI is InChI=1S/C17H17BrN2S/c1-8-6-13(18)7-9(2)14(8)15-11(4)21-17-10(3)19-12(5)20-16(15)17/h6-7H,1-5H3. The number of thiophene rings is 1. The van der Waals surface area contributed by atoms with E-state index in [4.69, 9.17) is 4.98 Å². The van der Waals surface area contributed by atoms with E-state index >= 15 is 0 Å². The van der Waals surface area contributed by atoms with E-state index in [2.05, 4.69) is 60.7 Å².